The van der Waals surface area contributed by atoms with E-state index >= 15 is 0 Å². The summed E-state index contributed by atoms with van der Waals surface area (Å²) < 4.78 is 21.9. The lowest BCUT2D eigenvalue weighted by molar-refractivity contribution is 0.254. The van der Waals surface area contributed by atoms with Crippen molar-refractivity contribution in [1.82, 2.24) is 0 Å². The highest BCUT2D eigenvalue weighted by atomic mass is 16.5. The summed E-state index contributed by atoms with van der Waals surface area (Å²) in [7, 11) is 6.34. The van der Waals surface area contributed by atoms with Gasteiger partial charge in [0.1, 0.15) is 0 Å². The molecule has 0 aliphatic carbocycles. The first kappa shape index (κ1) is 20.4. The summed E-state index contributed by atoms with van der Waals surface area (Å²) in [6.45, 7) is 0. The molecule has 1 unspecified atom stereocenters. The average molecular weight is 420 g/mol. The lowest BCUT2D eigenvalue weighted by atomic mass is 9.92. The van der Waals surface area contributed by atoms with E-state index in [1.54, 1.807) is 39.4 Å². The van der Waals surface area contributed by atoms with Gasteiger partial charge in [-0.1, -0.05) is 24.3 Å². The van der Waals surface area contributed by atoms with Gasteiger partial charge < -0.3 is 24.3 Å². The average Bonchev–Trinajstić information content (AvgIpc) is 2.82. The van der Waals surface area contributed by atoms with Crippen molar-refractivity contribution in [3.8, 4) is 23.0 Å². The summed E-state index contributed by atoms with van der Waals surface area (Å²) in [5.41, 5.74) is 3.16. The number of hydrogen-bond donors (Lipinski definition) is 1. The van der Waals surface area contributed by atoms with Gasteiger partial charge in [-0.2, -0.15) is 0 Å². The van der Waals surface area contributed by atoms with E-state index in [0.29, 0.717) is 28.7 Å². The first-order valence-corrected chi connectivity index (χ1v) is 9.74. The molecule has 0 aromatic heterocycles. The van der Waals surface area contributed by atoms with Crippen molar-refractivity contribution in [3.63, 3.8) is 0 Å². The quantitative estimate of drug-likeness (QED) is 0.617. The van der Waals surface area contributed by atoms with E-state index in [9.17, 15) is 4.79 Å². The van der Waals surface area contributed by atoms with E-state index in [0.717, 1.165) is 16.8 Å². The summed E-state index contributed by atoms with van der Waals surface area (Å²) in [5.74, 6) is 2.32. The number of hydrogen-bond acceptors (Lipinski definition) is 5. The lowest BCUT2D eigenvalue weighted by Crippen LogP contribution is -2.43. The van der Waals surface area contributed by atoms with Gasteiger partial charge >= 0.3 is 6.03 Å². The fourth-order valence-corrected chi connectivity index (χ4v) is 3.87. The van der Waals surface area contributed by atoms with Gasteiger partial charge in [0.15, 0.2) is 23.0 Å². The number of urea groups is 1. The number of amides is 2. The third-order valence-electron chi connectivity index (χ3n) is 5.33. The molecule has 0 spiro atoms. The summed E-state index contributed by atoms with van der Waals surface area (Å²) in [5, 5.41) is 2.98. The zero-order valence-electron chi connectivity index (χ0n) is 17.8. The molecule has 0 saturated heterocycles. The molecule has 7 nitrogen and oxygen atoms in total. The Bertz CT molecular complexity index is 1100. The molecule has 3 aromatic carbocycles. The van der Waals surface area contributed by atoms with Crippen molar-refractivity contribution < 1.29 is 23.7 Å². The molecule has 0 radical (unpaired) electrons. The summed E-state index contributed by atoms with van der Waals surface area (Å²) >= 11 is 0. The Hall–Kier alpha value is -3.87. The van der Waals surface area contributed by atoms with Crippen LogP contribution in [0.15, 0.2) is 60.7 Å². The predicted molar refractivity (Wildman–Crippen MR) is 119 cm³/mol. The number of nitrogens with zero attached hydrogens (tertiary/aromatic N) is 1. The highest BCUT2D eigenvalue weighted by molar-refractivity contribution is 6.06. The van der Waals surface area contributed by atoms with Crippen LogP contribution >= 0.6 is 0 Å². The molecule has 3 aromatic rings. The molecular weight excluding hydrogens is 396 g/mol. The van der Waals surface area contributed by atoms with Crippen LogP contribution in [0.2, 0.25) is 0 Å². The molecule has 1 atom stereocenters. The van der Waals surface area contributed by atoms with Crippen LogP contribution in [0.1, 0.15) is 17.2 Å². The van der Waals surface area contributed by atoms with Gasteiger partial charge in [-0.05, 0) is 35.9 Å². The van der Waals surface area contributed by atoms with Crippen molar-refractivity contribution in [2.45, 2.75) is 6.04 Å². The molecule has 0 fully saturated rings. The molecule has 31 heavy (non-hydrogen) atoms. The minimum absolute atomic E-state index is 0.245. The van der Waals surface area contributed by atoms with Crippen molar-refractivity contribution in [2.24, 2.45) is 0 Å². The van der Waals surface area contributed by atoms with Gasteiger partial charge in [-0.25, -0.2) is 4.79 Å². The van der Waals surface area contributed by atoms with Gasteiger partial charge in [0.2, 0.25) is 0 Å². The molecule has 160 valence electrons. The second kappa shape index (κ2) is 8.47. The van der Waals surface area contributed by atoms with Crippen LogP contribution in [-0.2, 0) is 0 Å². The number of benzene rings is 3. The molecule has 0 saturated carbocycles. The molecular formula is C24H24N2O5. The Labute approximate surface area is 181 Å². The van der Waals surface area contributed by atoms with E-state index in [1.165, 1.54) is 0 Å². The smallest absolute Gasteiger partial charge is 0.327 e. The Kier molecular flexibility index (Phi) is 5.58. The fourth-order valence-electron chi connectivity index (χ4n) is 3.87. The van der Waals surface area contributed by atoms with Crippen LogP contribution < -0.4 is 29.2 Å². The third-order valence-corrected chi connectivity index (χ3v) is 5.33. The van der Waals surface area contributed by atoms with Crippen LogP contribution in [0.5, 0.6) is 23.0 Å². The molecule has 1 heterocycles. The zero-order valence-corrected chi connectivity index (χ0v) is 17.8. The highest BCUT2D eigenvalue weighted by Crippen LogP contribution is 2.46. The number of nitrogens with one attached hydrogen (secondary N) is 1. The standard InChI is InChI=1S/C24H24N2O5/c1-28-19-11-10-15(12-20(19)29-2)23-17-13-21(30-3)22(31-4)14-18(17)25-24(27)26(23)16-8-6-5-7-9-16/h5-14,23H,1-4H3,(H,25,27). The van der Waals surface area contributed by atoms with Gasteiger partial charge in [0, 0.05) is 17.3 Å². The maximum absolute atomic E-state index is 13.3. The second-order valence-electron chi connectivity index (χ2n) is 6.95. The highest BCUT2D eigenvalue weighted by Gasteiger charge is 2.36. The summed E-state index contributed by atoms with van der Waals surface area (Å²) in [6, 6.07) is 18.2. The summed E-state index contributed by atoms with van der Waals surface area (Å²) in [6.07, 6.45) is 0. The van der Waals surface area contributed by atoms with Crippen LogP contribution in [0, 0.1) is 0 Å². The van der Waals surface area contributed by atoms with Crippen LogP contribution in [0.25, 0.3) is 0 Å². The van der Waals surface area contributed by atoms with Crippen LogP contribution in [0.4, 0.5) is 16.2 Å². The molecule has 2 amide bonds. The molecule has 1 aliphatic rings. The number of carbonyl (C=O) groups excluding carboxylic acids is 1. The number of carbonyl (C=O) groups is 1. The van der Waals surface area contributed by atoms with Crippen molar-refractivity contribution in [3.05, 3.63) is 71.8 Å². The van der Waals surface area contributed by atoms with Crippen molar-refractivity contribution in [2.75, 3.05) is 38.7 Å². The maximum atomic E-state index is 13.3. The van der Waals surface area contributed by atoms with Crippen molar-refractivity contribution in [1.29, 1.82) is 0 Å². The fraction of sp³-hybridized carbons (Fsp3) is 0.208. The van der Waals surface area contributed by atoms with E-state index in [2.05, 4.69) is 5.32 Å². The first-order valence-electron chi connectivity index (χ1n) is 9.74. The summed E-state index contributed by atoms with van der Waals surface area (Å²) in [4.78, 5) is 15.0. The number of methoxy groups -OCH3 is 4. The zero-order chi connectivity index (χ0) is 22.0. The third kappa shape index (κ3) is 3.59. The minimum Gasteiger partial charge on any atom is -0.493 e. The maximum Gasteiger partial charge on any atom is 0.327 e. The normalized spacial score (nSPS) is 15.0. The minimum atomic E-state index is -0.425. The number of anilines is 2. The Morgan fingerprint density at radius 3 is 2.00 bits per heavy atom. The van der Waals surface area contributed by atoms with Gasteiger partial charge in [-0.3, -0.25) is 4.90 Å². The Balaban J connectivity index is 1.96. The van der Waals surface area contributed by atoms with Gasteiger partial charge in [0.05, 0.1) is 40.2 Å². The molecule has 0 bridgehead atoms. The Morgan fingerprint density at radius 2 is 1.35 bits per heavy atom. The first-order chi connectivity index (χ1) is 15.1. The van der Waals surface area contributed by atoms with E-state index in [4.69, 9.17) is 18.9 Å². The van der Waals surface area contributed by atoms with Gasteiger partial charge in [0.25, 0.3) is 0 Å². The second-order valence-corrected chi connectivity index (χ2v) is 6.95. The topological polar surface area (TPSA) is 69.3 Å². The monoisotopic (exact) mass is 420 g/mol. The van der Waals surface area contributed by atoms with E-state index < -0.39 is 6.04 Å². The van der Waals surface area contributed by atoms with Crippen molar-refractivity contribution >= 4 is 17.4 Å². The predicted octanol–water partition coefficient (Wildman–Crippen LogP) is 4.86. The Morgan fingerprint density at radius 1 is 0.742 bits per heavy atom. The number of fused-ring (bicyclic) bond motifs is 1. The lowest BCUT2D eigenvalue weighted by Gasteiger charge is -2.38. The van der Waals surface area contributed by atoms with E-state index in [1.807, 2.05) is 54.6 Å². The molecule has 1 N–H and O–H groups in total. The number of para-hydroxylation sites is 1. The SMILES string of the molecule is COc1ccc(C2c3cc(OC)c(OC)cc3NC(=O)N2c2ccccc2)cc1OC. The molecule has 4 rings (SSSR count). The van der Waals surface area contributed by atoms with E-state index in [-0.39, 0.29) is 6.03 Å². The molecule has 7 heteroatoms. The number of rotatable bonds is 6. The largest absolute Gasteiger partial charge is 0.493 e. The number of ether oxygens (including phenoxy) is 4. The van der Waals surface area contributed by atoms with Gasteiger partial charge in [-0.15, -0.1) is 0 Å². The molecule has 1 aliphatic heterocycles. The van der Waals surface area contributed by atoms with Crippen LogP contribution in [0.3, 0.4) is 0 Å². The van der Waals surface area contributed by atoms with Crippen LogP contribution in [-0.4, -0.2) is 34.5 Å².